The van der Waals surface area contributed by atoms with Crippen molar-refractivity contribution < 1.29 is 23.1 Å². The summed E-state index contributed by atoms with van der Waals surface area (Å²) in [5, 5.41) is 13.8. The first-order chi connectivity index (χ1) is 9.74. The molecule has 0 aliphatic rings. The van der Waals surface area contributed by atoms with Gasteiger partial charge in [-0.05, 0) is 31.9 Å². The Balaban J connectivity index is 2.67. The second kappa shape index (κ2) is 7.31. The van der Waals surface area contributed by atoms with E-state index in [9.17, 15) is 18.0 Å². The predicted molar refractivity (Wildman–Crippen MR) is 72.8 cm³/mol. The van der Waals surface area contributed by atoms with Gasteiger partial charge < -0.3 is 15.7 Å². The molecular formula is C14H19F3N2O2. The molecule has 0 radical (unpaired) electrons. The minimum absolute atomic E-state index is 0.0661. The first-order valence-corrected chi connectivity index (χ1v) is 6.57. The molecule has 118 valence electrons. The lowest BCUT2D eigenvalue weighted by molar-refractivity contribution is -0.138. The van der Waals surface area contributed by atoms with Gasteiger partial charge >= 0.3 is 12.2 Å². The van der Waals surface area contributed by atoms with Gasteiger partial charge in [0.1, 0.15) is 0 Å². The summed E-state index contributed by atoms with van der Waals surface area (Å²) < 4.78 is 38.6. The van der Waals surface area contributed by atoms with Crippen molar-refractivity contribution in [1.82, 2.24) is 10.6 Å². The minimum Gasteiger partial charge on any atom is -0.394 e. The maximum atomic E-state index is 12.9. The number of nitrogens with one attached hydrogen (secondary N) is 2. The van der Waals surface area contributed by atoms with Crippen molar-refractivity contribution in [3.63, 3.8) is 0 Å². The lowest BCUT2D eigenvalue weighted by Crippen LogP contribution is -2.46. The number of amides is 2. The number of carbonyl (C=O) groups excluding carboxylic acids is 1. The lowest BCUT2D eigenvalue weighted by atomic mass is 10.0. The number of aliphatic hydroxyl groups excluding tert-OH is 1. The molecule has 21 heavy (non-hydrogen) atoms. The van der Waals surface area contributed by atoms with Crippen molar-refractivity contribution in [3.05, 3.63) is 35.4 Å². The van der Waals surface area contributed by atoms with E-state index in [2.05, 4.69) is 10.6 Å². The van der Waals surface area contributed by atoms with Crippen LogP contribution in [0.5, 0.6) is 0 Å². The number of aliphatic hydroxyl groups is 1. The number of benzene rings is 1. The van der Waals surface area contributed by atoms with Gasteiger partial charge in [-0.15, -0.1) is 0 Å². The molecule has 0 fully saturated rings. The fourth-order valence-corrected chi connectivity index (χ4v) is 1.89. The summed E-state index contributed by atoms with van der Waals surface area (Å²) in [6.45, 7) is 3.03. The highest BCUT2D eigenvalue weighted by Gasteiger charge is 2.33. The molecule has 1 aromatic carbocycles. The minimum atomic E-state index is -4.41. The highest BCUT2D eigenvalue weighted by atomic mass is 19.4. The van der Waals surface area contributed by atoms with Gasteiger partial charge in [0.15, 0.2) is 0 Å². The fraction of sp³-hybridized carbons (Fsp3) is 0.500. The second-order valence-electron chi connectivity index (χ2n) is 4.96. The lowest BCUT2D eigenvalue weighted by Gasteiger charge is -2.19. The van der Waals surface area contributed by atoms with E-state index >= 15 is 0 Å². The van der Waals surface area contributed by atoms with Crippen molar-refractivity contribution >= 4 is 6.03 Å². The van der Waals surface area contributed by atoms with Crippen LogP contribution in [0.15, 0.2) is 24.3 Å². The van der Waals surface area contributed by atoms with Gasteiger partial charge in [-0.2, -0.15) is 13.2 Å². The number of hydrogen-bond acceptors (Lipinski definition) is 2. The van der Waals surface area contributed by atoms with Crippen molar-refractivity contribution in [1.29, 1.82) is 0 Å². The van der Waals surface area contributed by atoms with Crippen LogP contribution in [0.3, 0.4) is 0 Å². The molecular weight excluding hydrogens is 285 g/mol. The van der Waals surface area contributed by atoms with Crippen molar-refractivity contribution in [2.45, 2.75) is 38.5 Å². The average Bonchev–Trinajstić information content (AvgIpc) is 2.37. The first kappa shape index (κ1) is 17.3. The maximum absolute atomic E-state index is 12.9. The van der Waals surface area contributed by atoms with Crippen molar-refractivity contribution in [2.24, 2.45) is 0 Å². The van der Waals surface area contributed by atoms with Crippen LogP contribution in [0.2, 0.25) is 0 Å². The van der Waals surface area contributed by atoms with Gasteiger partial charge in [-0.25, -0.2) is 4.79 Å². The first-order valence-electron chi connectivity index (χ1n) is 6.57. The molecule has 0 aromatic heterocycles. The van der Waals surface area contributed by atoms with E-state index in [4.69, 9.17) is 5.11 Å². The van der Waals surface area contributed by atoms with E-state index in [0.717, 1.165) is 6.07 Å². The largest absolute Gasteiger partial charge is 0.416 e. The number of halogens is 3. The molecule has 0 saturated carbocycles. The molecule has 7 heteroatoms. The third-order valence-electron chi connectivity index (χ3n) is 2.88. The number of hydrogen-bond donors (Lipinski definition) is 3. The van der Waals surface area contributed by atoms with Crippen LogP contribution in [0.4, 0.5) is 18.0 Å². The topological polar surface area (TPSA) is 61.4 Å². The number of carbonyl (C=O) groups is 1. The molecule has 0 heterocycles. The SMILES string of the molecule is C[C@@H](CO)NC(=O)N[C@@H](C)Cc1ccccc1C(F)(F)F. The summed E-state index contributed by atoms with van der Waals surface area (Å²) in [4.78, 5) is 11.5. The molecule has 4 nitrogen and oxygen atoms in total. The summed E-state index contributed by atoms with van der Waals surface area (Å²) in [7, 11) is 0. The van der Waals surface area contributed by atoms with Gasteiger partial charge in [0, 0.05) is 6.04 Å². The Kier molecular flexibility index (Phi) is 6.02. The zero-order chi connectivity index (χ0) is 16.0. The molecule has 2 amide bonds. The highest BCUT2D eigenvalue weighted by molar-refractivity contribution is 5.74. The van der Waals surface area contributed by atoms with Gasteiger partial charge in [0.25, 0.3) is 0 Å². The van der Waals surface area contributed by atoms with Crippen LogP contribution in [0.25, 0.3) is 0 Å². The Bertz CT molecular complexity index is 478. The molecule has 1 aromatic rings. The summed E-state index contributed by atoms with van der Waals surface area (Å²) in [6.07, 6.45) is -4.35. The second-order valence-corrected chi connectivity index (χ2v) is 4.96. The summed E-state index contributed by atoms with van der Waals surface area (Å²) in [6, 6.07) is 3.88. The average molecular weight is 304 g/mol. The van der Waals surface area contributed by atoms with Crippen LogP contribution in [0.1, 0.15) is 25.0 Å². The van der Waals surface area contributed by atoms with Crippen LogP contribution < -0.4 is 10.6 Å². The predicted octanol–water partition coefficient (Wildman–Crippen LogP) is 2.32. The number of urea groups is 1. The highest BCUT2D eigenvalue weighted by Crippen LogP contribution is 2.32. The summed E-state index contributed by atoms with van der Waals surface area (Å²) in [5.74, 6) is 0. The number of alkyl halides is 3. The zero-order valence-corrected chi connectivity index (χ0v) is 11.9. The van der Waals surface area contributed by atoms with Crippen LogP contribution in [0, 0.1) is 0 Å². The van der Waals surface area contributed by atoms with E-state index in [1.54, 1.807) is 13.8 Å². The monoisotopic (exact) mass is 304 g/mol. The smallest absolute Gasteiger partial charge is 0.394 e. The molecule has 0 spiro atoms. The standard InChI is InChI=1S/C14H19F3N2O2/c1-9(18-13(21)19-10(2)8-20)7-11-5-3-4-6-12(11)14(15,16)17/h3-6,9-10,20H,7-8H2,1-2H3,(H2,18,19,21)/t9-,10-/m0/s1. The Morgan fingerprint density at radius 2 is 1.76 bits per heavy atom. The Morgan fingerprint density at radius 1 is 1.19 bits per heavy atom. The van der Waals surface area contributed by atoms with E-state index in [1.165, 1.54) is 18.2 Å². The molecule has 0 aliphatic carbocycles. The van der Waals surface area contributed by atoms with Crippen LogP contribution in [-0.2, 0) is 12.6 Å². The van der Waals surface area contributed by atoms with Gasteiger partial charge in [-0.1, -0.05) is 18.2 Å². The molecule has 2 atom stereocenters. The fourth-order valence-electron chi connectivity index (χ4n) is 1.89. The molecule has 0 bridgehead atoms. The molecule has 1 rings (SSSR count). The quantitative estimate of drug-likeness (QED) is 0.782. The normalized spacial score (nSPS) is 14.4. The van der Waals surface area contributed by atoms with Gasteiger partial charge in [0.2, 0.25) is 0 Å². The molecule has 3 N–H and O–H groups in total. The summed E-state index contributed by atoms with van der Waals surface area (Å²) in [5.41, 5.74) is -0.559. The zero-order valence-electron chi connectivity index (χ0n) is 11.9. The van der Waals surface area contributed by atoms with Crippen LogP contribution in [-0.4, -0.2) is 29.8 Å². The molecule has 0 saturated heterocycles. The van der Waals surface area contributed by atoms with Gasteiger partial charge in [-0.3, -0.25) is 0 Å². The summed E-state index contributed by atoms with van der Waals surface area (Å²) >= 11 is 0. The van der Waals surface area contributed by atoms with E-state index in [1.807, 2.05) is 0 Å². The van der Waals surface area contributed by atoms with Crippen molar-refractivity contribution in [3.8, 4) is 0 Å². The Morgan fingerprint density at radius 3 is 2.33 bits per heavy atom. The molecule has 0 aliphatic heterocycles. The third kappa shape index (κ3) is 5.63. The van der Waals surface area contributed by atoms with Gasteiger partial charge in [0.05, 0.1) is 18.2 Å². The van der Waals surface area contributed by atoms with Crippen LogP contribution >= 0.6 is 0 Å². The van der Waals surface area contributed by atoms with Crippen molar-refractivity contribution in [2.75, 3.05) is 6.61 Å². The molecule has 0 unspecified atom stereocenters. The van der Waals surface area contributed by atoms with E-state index < -0.39 is 29.9 Å². The number of rotatable bonds is 5. The Hall–Kier alpha value is -1.76. The van der Waals surface area contributed by atoms with E-state index in [0.29, 0.717) is 0 Å². The Labute approximate surface area is 121 Å². The van der Waals surface area contributed by atoms with E-state index in [-0.39, 0.29) is 18.6 Å². The third-order valence-corrected chi connectivity index (χ3v) is 2.88. The maximum Gasteiger partial charge on any atom is 0.416 e.